The summed E-state index contributed by atoms with van der Waals surface area (Å²) >= 11 is 5.40. The minimum absolute atomic E-state index is 0.0820. The highest BCUT2D eigenvalue weighted by molar-refractivity contribution is 9.10. The normalized spacial score (nSPS) is 13.7. The zero-order valence-electron chi connectivity index (χ0n) is 12.3. The van der Waals surface area contributed by atoms with E-state index in [9.17, 15) is 0 Å². The van der Waals surface area contributed by atoms with Crippen LogP contribution in [0.2, 0.25) is 0 Å². The van der Waals surface area contributed by atoms with Crippen LogP contribution in [0.4, 0.5) is 0 Å². The minimum Gasteiger partial charge on any atom is -0.496 e. The van der Waals surface area contributed by atoms with Crippen molar-refractivity contribution >= 4 is 27.7 Å². The van der Waals surface area contributed by atoms with Gasteiger partial charge in [0.1, 0.15) is 5.75 Å². The van der Waals surface area contributed by atoms with E-state index >= 15 is 0 Å². The molecule has 0 aliphatic carbocycles. The Morgan fingerprint density at radius 1 is 1.14 bits per heavy atom. The van der Waals surface area contributed by atoms with Crippen molar-refractivity contribution in [1.29, 1.82) is 0 Å². The summed E-state index contributed by atoms with van der Waals surface area (Å²) in [5.74, 6) is 0.892. The summed E-state index contributed by atoms with van der Waals surface area (Å²) in [6.07, 6.45) is 0.925. The molecular weight excluding hydrogens is 346 g/mol. The standard InChI is InChI=1S/C17H20BrNOS/c1-3-14(19)17(12-8-4-5-9-13(12)18)21-16-11-7-6-10-15(16)20-2/h4-11,14,17H,3,19H2,1-2H3. The second kappa shape index (κ2) is 7.87. The van der Waals surface area contributed by atoms with Crippen molar-refractivity contribution in [3.05, 3.63) is 58.6 Å². The molecule has 112 valence electrons. The van der Waals surface area contributed by atoms with Crippen molar-refractivity contribution in [3.8, 4) is 5.75 Å². The van der Waals surface area contributed by atoms with Crippen LogP contribution in [0.15, 0.2) is 57.9 Å². The fourth-order valence-corrected chi connectivity index (χ4v) is 4.24. The molecule has 2 atom stereocenters. The van der Waals surface area contributed by atoms with Crippen molar-refractivity contribution in [2.24, 2.45) is 5.73 Å². The summed E-state index contributed by atoms with van der Waals surface area (Å²) in [4.78, 5) is 1.12. The summed E-state index contributed by atoms with van der Waals surface area (Å²) in [5.41, 5.74) is 7.60. The van der Waals surface area contributed by atoms with Crippen molar-refractivity contribution in [2.75, 3.05) is 7.11 Å². The molecule has 0 saturated heterocycles. The first-order chi connectivity index (χ1) is 10.2. The van der Waals surface area contributed by atoms with E-state index in [0.717, 1.165) is 21.5 Å². The van der Waals surface area contributed by atoms with Crippen LogP contribution >= 0.6 is 27.7 Å². The Balaban J connectivity index is 2.36. The number of hydrogen-bond acceptors (Lipinski definition) is 3. The highest BCUT2D eigenvalue weighted by Crippen LogP contribution is 2.43. The average Bonchev–Trinajstić information content (AvgIpc) is 2.53. The number of nitrogens with two attached hydrogens (primary N) is 1. The van der Waals surface area contributed by atoms with E-state index in [-0.39, 0.29) is 11.3 Å². The van der Waals surface area contributed by atoms with Gasteiger partial charge in [-0.1, -0.05) is 53.2 Å². The fraction of sp³-hybridized carbons (Fsp3) is 0.294. The highest BCUT2D eigenvalue weighted by atomic mass is 79.9. The monoisotopic (exact) mass is 365 g/mol. The Kier molecular flexibility index (Phi) is 6.15. The van der Waals surface area contributed by atoms with Gasteiger partial charge in [-0.2, -0.15) is 0 Å². The molecule has 0 heterocycles. The Hall–Kier alpha value is -0.970. The number of ether oxygens (including phenoxy) is 1. The Morgan fingerprint density at radius 2 is 1.81 bits per heavy atom. The molecule has 0 aliphatic rings. The van der Waals surface area contributed by atoms with Gasteiger partial charge in [0.05, 0.1) is 12.4 Å². The van der Waals surface area contributed by atoms with Crippen molar-refractivity contribution in [3.63, 3.8) is 0 Å². The van der Waals surface area contributed by atoms with Crippen molar-refractivity contribution < 1.29 is 4.74 Å². The van der Waals surface area contributed by atoms with Gasteiger partial charge >= 0.3 is 0 Å². The summed E-state index contributed by atoms with van der Waals surface area (Å²) < 4.78 is 6.55. The number of methoxy groups -OCH3 is 1. The number of thioether (sulfide) groups is 1. The molecule has 2 nitrogen and oxygen atoms in total. The first-order valence-electron chi connectivity index (χ1n) is 6.97. The first-order valence-corrected chi connectivity index (χ1v) is 8.64. The second-order valence-corrected chi connectivity index (χ2v) is 6.82. The maximum atomic E-state index is 6.38. The quantitative estimate of drug-likeness (QED) is 0.729. The van der Waals surface area contributed by atoms with Gasteiger partial charge in [0, 0.05) is 15.4 Å². The Labute approximate surface area is 139 Å². The summed E-state index contributed by atoms with van der Waals surface area (Å²) in [6, 6.07) is 16.4. The smallest absolute Gasteiger partial charge is 0.132 e. The third-order valence-electron chi connectivity index (χ3n) is 3.40. The lowest BCUT2D eigenvalue weighted by molar-refractivity contribution is 0.404. The van der Waals surface area contributed by atoms with Gasteiger partial charge in [-0.05, 0) is 30.2 Å². The number of rotatable bonds is 6. The van der Waals surface area contributed by atoms with Gasteiger partial charge in [-0.25, -0.2) is 0 Å². The molecule has 0 aromatic heterocycles. The summed E-state index contributed by atoms with van der Waals surface area (Å²) in [5, 5.41) is 0.182. The maximum absolute atomic E-state index is 6.38. The molecule has 0 fully saturated rings. The lowest BCUT2D eigenvalue weighted by Gasteiger charge is -2.24. The van der Waals surface area contributed by atoms with E-state index < -0.39 is 0 Å². The van der Waals surface area contributed by atoms with Gasteiger partial charge in [0.2, 0.25) is 0 Å². The van der Waals surface area contributed by atoms with Crippen LogP contribution < -0.4 is 10.5 Å². The van der Waals surface area contributed by atoms with Crippen molar-refractivity contribution in [1.82, 2.24) is 0 Å². The molecule has 0 saturated carbocycles. The Morgan fingerprint density at radius 3 is 2.48 bits per heavy atom. The molecule has 2 N–H and O–H groups in total. The van der Waals surface area contributed by atoms with Crippen LogP contribution in [0.3, 0.4) is 0 Å². The van der Waals surface area contributed by atoms with E-state index in [1.165, 1.54) is 5.56 Å². The van der Waals surface area contributed by atoms with E-state index in [2.05, 4.69) is 47.1 Å². The summed E-state index contributed by atoms with van der Waals surface area (Å²) in [6.45, 7) is 2.12. The molecule has 0 aliphatic heterocycles. The van der Waals surface area contributed by atoms with Gasteiger partial charge in [0.15, 0.2) is 0 Å². The second-order valence-electron chi connectivity index (χ2n) is 4.78. The zero-order valence-corrected chi connectivity index (χ0v) is 14.7. The van der Waals surface area contributed by atoms with Crippen LogP contribution in [0, 0.1) is 0 Å². The number of halogens is 1. The lowest BCUT2D eigenvalue weighted by Crippen LogP contribution is -2.25. The lowest BCUT2D eigenvalue weighted by atomic mass is 10.0. The van der Waals surface area contributed by atoms with Crippen LogP contribution in [0.1, 0.15) is 24.2 Å². The first kappa shape index (κ1) is 16.4. The van der Waals surface area contributed by atoms with Gasteiger partial charge in [0.25, 0.3) is 0 Å². The molecule has 4 heteroatoms. The maximum Gasteiger partial charge on any atom is 0.132 e. The van der Waals surface area contributed by atoms with Gasteiger partial charge in [-0.3, -0.25) is 0 Å². The minimum atomic E-state index is 0.0820. The molecule has 0 bridgehead atoms. The molecule has 0 spiro atoms. The van der Waals surface area contributed by atoms with Crippen LogP contribution in [-0.4, -0.2) is 13.2 Å². The molecular formula is C17H20BrNOS. The topological polar surface area (TPSA) is 35.2 Å². The molecule has 21 heavy (non-hydrogen) atoms. The van der Waals surface area contributed by atoms with E-state index in [4.69, 9.17) is 10.5 Å². The molecule has 0 amide bonds. The van der Waals surface area contributed by atoms with Gasteiger partial charge < -0.3 is 10.5 Å². The highest BCUT2D eigenvalue weighted by Gasteiger charge is 2.23. The average molecular weight is 366 g/mol. The third kappa shape index (κ3) is 4.02. The number of hydrogen-bond donors (Lipinski definition) is 1. The molecule has 2 aromatic carbocycles. The van der Waals surface area contributed by atoms with Crippen LogP contribution in [-0.2, 0) is 0 Å². The van der Waals surface area contributed by atoms with E-state index in [0.29, 0.717) is 0 Å². The van der Waals surface area contributed by atoms with E-state index in [1.54, 1.807) is 18.9 Å². The largest absolute Gasteiger partial charge is 0.496 e. The SMILES string of the molecule is CCC(N)C(Sc1ccccc1OC)c1ccccc1Br. The van der Waals surface area contributed by atoms with Crippen molar-refractivity contribution in [2.45, 2.75) is 29.5 Å². The summed E-state index contributed by atoms with van der Waals surface area (Å²) in [7, 11) is 1.70. The number of para-hydroxylation sites is 1. The van der Waals surface area contributed by atoms with Crippen LogP contribution in [0.5, 0.6) is 5.75 Å². The van der Waals surface area contributed by atoms with Gasteiger partial charge in [-0.15, -0.1) is 11.8 Å². The number of benzene rings is 2. The molecule has 0 radical (unpaired) electrons. The van der Waals surface area contributed by atoms with Crippen LogP contribution in [0.25, 0.3) is 0 Å². The third-order valence-corrected chi connectivity index (χ3v) is 5.57. The fourth-order valence-electron chi connectivity index (χ4n) is 2.15. The Bertz CT molecular complexity index is 591. The van der Waals surface area contributed by atoms with E-state index in [1.807, 2.05) is 24.3 Å². The predicted molar refractivity (Wildman–Crippen MR) is 94.0 cm³/mol. The zero-order chi connectivity index (χ0) is 15.2. The predicted octanol–water partition coefficient (Wildman–Crippen LogP) is 5.03. The molecule has 2 aromatic rings. The molecule has 2 rings (SSSR count). The molecule has 2 unspecified atom stereocenters.